The van der Waals surface area contributed by atoms with Gasteiger partial charge >= 0.3 is 0 Å². The summed E-state index contributed by atoms with van der Waals surface area (Å²) < 4.78 is 0. The van der Waals surface area contributed by atoms with Crippen LogP contribution in [-0.4, -0.2) is 90.3 Å². The maximum Gasteiger partial charge on any atom is 0.245 e. The molecule has 0 unspecified atom stereocenters. The maximum absolute atomic E-state index is 13.1. The molecule has 3 heterocycles. The molecule has 3 aliphatic rings. The normalized spacial score (nSPS) is 26.7. The Balaban J connectivity index is 1.27. The number of piperazine rings is 1. The summed E-state index contributed by atoms with van der Waals surface area (Å²) in [7, 11) is 0. The topological polar surface area (TPSA) is 85.0 Å². The quantitative estimate of drug-likeness (QED) is 0.669. The largest absolute Gasteiger partial charge is 0.353 e. The smallest absolute Gasteiger partial charge is 0.245 e. The first-order chi connectivity index (χ1) is 15.3. The van der Waals surface area contributed by atoms with Crippen molar-refractivity contribution in [2.75, 3.05) is 45.8 Å². The minimum absolute atomic E-state index is 0.0167. The van der Waals surface area contributed by atoms with Crippen LogP contribution in [0.4, 0.5) is 0 Å². The van der Waals surface area contributed by atoms with Gasteiger partial charge < -0.3 is 15.5 Å². The second-order valence-electron chi connectivity index (χ2n) is 9.78. The Labute approximate surface area is 190 Å². The zero-order chi connectivity index (χ0) is 22.7. The van der Waals surface area contributed by atoms with Gasteiger partial charge in [-0.15, -0.1) is 0 Å². The lowest BCUT2D eigenvalue weighted by Crippen LogP contribution is -2.54. The first-order valence-electron chi connectivity index (χ1n) is 11.7. The number of carbonyl (C=O) groups is 3. The lowest BCUT2D eigenvalue weighted by atomic mass is 9.83. The molecule has 1 spiro atoms. The van der Waals surface area contributed by atoms with Crippen molar-refractivity contribution in [2.45, 2.75) is 45.3 Å². The van der Waals surface area contributed by atoms with Crippen LogP contribution in [0.2, 0.25) is 0 Å². The van der Waals surface area contributed by atoms with Crippen LogP contribution < -0.4 is 10.6 Å². The summed E-state index contributed by atoms with van der Waals surface area (Å²) in [6.45, 7) is 9.20. The molecule has 1 aromatic rings. The molecule has 0 saturated carbocycles. The van der Waals surface area contributed by atoms with Crippen molar-refractivity contribution >= 4 is 17.7 Å². The number of nitrogens with one attached hydrogen (secondary N) is 2. The second kappa shape index (κ2) is 9.58. The van der Waals surface area contributed by atoms with Gasteiger partial charge in [-0.05, 0) is 38.8 Å². The van der Waals surface area contributed by atoms with E-state index in [2.05, 4.69) is 32.6 Å². The monoisotopic (exact) mass is 441 g/mol. The van der Waals surface area contributed by atoms with Crippen molar-refractivity contribution in [1.82, 2.24) is 25.3 Å². The highest BCUT2D eigenvalue weighted by Gasteiger charge is 2.53. The van der Waals surface area contributed by atoms with Gasteiger partial charge in [0.25, 0.3) is 0 Å². The van der Waals surface area contributed by atoms with E-state index in [1.54, 1.807) is 0 Å². The summed E-state index contributed by atoms with van der Waals surface area (Å²) in [5.41, 5.74) is 0.793. The van der Waals surface area contributed by atoms with E-state index in [1.807, 2.05) is 36.9 Å². The third-order valence-corrected chi connectivity index (χ3v) is 6.86. The molecule has 0 aliphatic carbocycles. The molecule has 1 aromatic carbocycles. The number of rotatable bonds is 6. The lowest BCUT2D eigenvalue weighted by molar-refractivity contribution is -0.136. The van der Waals surface area contributed by atoms with E-state index in [0.717, 1.165) is 19.5 Å². The summed E-state index contributed by atoms with van der Waals surface area (Å²) in [4.78, 5) is 44.3. The highest BCUT2D eigenvalue weighted by molar-refractivity contribution is 5.94. The lowest BCUT2D eigenvalue weighted by Gasteiger charge is -2.35. The van der Waals surface area contributed by atoms with Gasteiger partial charge in [0.2, 0.25) is 17.7 Å². The number of carbonyl (C=O) groups excluding carboxylic acids is 3. The Morgan fingerprint density at radius 3 is 2.50 bits per heavy atom. The van der Waals surface area contributed by atoms with Crippen molar-refractivity contribution in [2.24, 2.45) is 5.41 Å². The van der Waals surface area contributed by atoms with Gasteiger partial charge in [0.05, 0.1) is 12.0 Å². The number of amides is 3. The fraction of sp³-hybridized carbons (Fsp3) is 0.625. The molecule has 0 radical (unpaired) electrons. The van der Waals surface area contributed by atoms with E-state index in [0.29, 0.717) is 45.7 Å². The number of hydrogen-bond acceptors (Lipinski definition) is 5. The maximum atomic E-state index is 13.1. The van der Waals surface area contributed by atoms with E-state index in [9.17, 15) is 14.4 Å². The van der Waals surface area contributed by atoms with Gasteiger partial charge in [0.1, 0.15) is 6.04 Å². The molecule has 8 nitrogen and oxygen atoms in total. The number of likely N-dealkylation sites (tertiary alicyclic amines) is 1. The number of hydrogen-bond donors (Lipinski definition) is 2. The molecule has 2 atom stereocenters. The van der Waals surface area contributed by atoms with E-state index >= 15 is 0 Å². The van der Waals surface area contributed by atoms with Crippen LogP contribution in [0.5, 0.6) is 0 Å². The Morgan fingerprint density at radius 2 is 1.81 bits per heavy atom. The van der Waals surface area contributed by atoms with Crippen LogP contribution >= 0.6 is 0 Å². The predicted molar refractivity (Wildman–Crippen MR) is 122 cm³/mol. The molecule has 3 saturated heterocycles. The van der Waals surface area contributed by atoms with Crippen molar-refractivity contribution in [3.8, 4) is 0 Å². The molecule has 3 aliphatic heterocycles. The first kappa shape index (κ1) is 22.7. The predicted octanol–water partition coefficient (Wildman–Crippen LogP) is 0.436. The molecule has 0 aromatic heterocycles. The minimum Gasteiger partial charge on any atom is -0.353 e. The Morgan fingerprint density at radius 1 is 1.09 bits per heavy atom. The van der Waals surface area contributed by atoms with Crippen molar-refractivity contribution in [3.63, 3.8) is 0 Å². The Hall–Kier alpha value is -2.45. The van der Waals surface area contributed by atoms with Gasteiger partial charge in [0, 0.05) is 45.3 Å². The summed E-state index contributed by atoms with van der Waals surface area (Å²) in [6, 6.07) is 9.99. The highest BCUT2D eigenvalue weighted by atomic mass is 16.2. The van der Waals surface area contributed by atoms with Crippen LogP contribution in [0.1, 0.15) is 32.3 Å². The molecule has 4 rings (SSSR count). The summed E-state index contributed by atoms with van der Waals surface area (Å²) in [6.07, 6.45) is 1.38. The van der Waals surface area contributed by atoms with Crippen LogP contribution in [0.3, 0.4) is 0 Å². The minimum atomic E-state index is -0.453. The third kappa shape index (κ3) is 5.13. The average molecular weight is 442 g/mol. The van der Waals surface area contributed by atoms with Crippen LogP contribution in [0.25, 0.3) is 0 Å². The van der Waals surface area contributed by atoms with Crippen LogP contribution in [-0.2, 0) is 20.9 Å². The van der Waals surface area contributed by atoms with Gasteiger partial charge in [0.15, 0.2) is 0 Å². The molecule has 174 valence electrons. The van der Waals surface area contributed by atoms with Crippen molar-refractivity contribution in [3.05, 3.63) is 35.9 Å². The van der Waals surface area contributed by atoms with E-state index in [-0.39, 0.29) is 23.8 Å². The average Bonchev–Trinajstić information content (AvgIpc) is 3.31. The van der Waals surface area contributed by atoms with Crippen LogP contribution in [0.15, 0.2) is 30.3 Å². The van der Waals surface area contributed by atoms with Gasteiger partial charge in [-0.2, -0.15) is 0 Å². The summed E-state index contributed by atoms with van der Waals surface area (Å²) in [5, 5.41) is 5.91. The molecule has 32 heavy (non-hydrogen) atoms. The van der Waals surface area contributed by atoms with Gasteiger partial charge in [-0.25, -0.2) is 0 Å². The zero-order valence-corrected chi connectivity index (χ0v) is 19.2. The standard InChI is InChI=1S/C24H35N5O3/c1-18(2)25-21(30)16-27-10-12-29(13-11-27)22(31)20-14-24(23(32)26-20)8-9-28(17-24)15-19-6-4-3-5-7-19/h3-7,18,20H,8-17H2,1-2H3,(H,25,30)(H,26,32)/t20-,24+/m0/s1. The number of benzene rings is 1. The van der Waals surface area contributed by atoms with Crippen molar-refractivity contribution in [1.29, 1.82) is 0 Å². The van der Waals surface area contributed by atoms with Crippen LogP contribution in [0, 0.1) is 5.41 Å². The molecule has 3 amide bonds. The zero-order valence-electron chi connectivity index (χ0n) is 19.2. The molecule has 3 fully saturated rings. The Bertz CT molecular complexity index is 837. The van der Waals surface area contributed by atoms with Crippen molar-refractivity contribution < 1.29 is 14.4 Å². The molecule has 2 N–H and O–H groups in total. The second-order valence-corrected chi connectivity index (χ2v) is 9.78. The molecular formula is C24H35N5O3. The molecule has 0 bridgehead atoms. The van der Waals surface area contributed by atoms with Gasteiger partial charge in [-0.3, -0.25) is 24.2 Å². The fourth-order valence-corrected chi connectivity index (χ4v) is 5.20. The first-order valence-corrected chi connectivity index (χ1v) is 11.7. The summed E-state index contributed by atoms with van der Waals surface area (Å²) in [5.74, 6) is 0.0597. The fourth-order valence-electron chi connectivity index (χ4n) is 5.20. The number of nitrogens with zero attached hydrogens (tertiary/aromatic N) is 3. The van der Waals surface area contributed by atoms with E-state index in [4.69, 9.17) is 0 Å². The highest BCUT2D eigenvalue weighted by Crippen LogP contribution is 2.40. The Kier molecular flexibility index (Phi) is 6.81. The molecular weight excluding hydrogens is 406 g/mol. The SMILES string of the molecule is CC(C)NC(=O)CN1CCN(C(=O)[C@@H]2C[C@@]3(CCN(Cc4ccccc4)C3)C(=O)N2)CC1. The third-order valence-electron chi connectivity index (χ3n) is 6.86. The molecule has 8 heteroatoms. The van der Waals surface area contributed by atoms with E-state index in [1.165, 1.54) is 5.56 Å². The van der Waals surface area contributed by atoms with E-state index < -0.39 is 11.5 Å². The van der Waals surface area contributed by atoms with Gasteiger partial charge in [-0.1, -0.05) is 30.3 Å². The summed E-state index contributed by atoms with van der Waals surface area (Å²) >= 11 is 0.